The lowest BCUT2D eigenvalue weighted by Gasteiger charge is -2.32. The summed E-state index contributed by atoms with van der Waals surface area (Å²) < 4.78 is 6.50. The van der Waals surface area contributed by atoms with Crippen molar-refractivity contribution in [2.45, 2.75) is 13.3 Å². The topological polar surface area (TPSA) is 61.9 Å². The van der Waals surface area contributed by atoms with Crippen molar-refractivity contribution in [1.29, 1.82) is 0 Å². The van der Waals surface area contributed by atoms with Gasteiger partial charge in [0, 0.05) is 41.9 Å². The molecular formula is C22H26BrN3O3. The first-order valence-corrected chi connectivity index (χ1v) is 10.6. The van der Waals surface area contributed by atoms with Crippen molar-refractivity contribution in [3.05, 3.63) is 58.1 Å². The molecule has 6 nitrogen and oxygen atoms in total. The number of likely N-dealkylation sites (N-methyl/N-ethyl adjacent to an activating group) is 1. The molecule has 29 heavy (non-hydrogen) atoms. The minimum absolute atomic E-state index is 0.0105. The predicted molar refractivity (Wildman–Crippen MR) is 118 cm³/mol. The molecule has 1 aliphatic rings. The van der Waals surface area contributed by atoms with E-state index in [0.29, 0.717) is 42.3 Å². The van der Waals surface area contributed by atoms with Crippen LogP contribution in [-0.4, -0.2) is 61.4 Å². The summed E-state index contributed by atoms with van der Waals surface area (Å²) in [6, 6.07) is 12.4. The van der Waals surface area contributed by atoms with Crippen LogP contribution in [-0.2, 0) is 0 Å². The summed E-state index contributed by atoms with van der Waals surface area (Å²) in [6.07, 6.45) is 0.855. The number of ether oxygens (including phenoxy) is 1. The third kappa shape index (κ3) is 5.58. The van der Waals surface area contributed by atoms with Crippen LogP contribution in [0.4, 0.5) is 5.69 Å². The molecule has 1 fully saturated rings. The van der Waals surface area contributed by atoms with Crippen LogP contribution in [0.3, 0.4) is 0 Å². The maximum absolute atomic E-state index is 12.9. The van der Waals surface area contributed by atoms with Gasteiger partial charge in [-0.05, 0) is 49.9 Å². The number of rotatable bonds is 6. The first-order chi connectivity index (χ1) is 14.0. The molecular weight excluding hydrogens is 434 g/mol. The highest BCUT2D eigenvalue weighted by Crippen LogP contribution is 2.25. The van der Waals surface area contributed by atoms with Crippen LogP contribution in [0.15, 0.2) is 46.9 Å². The zero-order valence-corrected chi connectivity index (χ0v) is 18.4. The second-order valence-electron chi connectivity index (χ2n) is 7.12. The summed E-state index contributed by atoms with van der Waals surface area (Å²) in [4.78, 5) is 29.7. The van der Waals surface area contributed by atoms with Crippen LogP contribution in [0.25, 0.3) is 0 Å². The molecule has 2 aromatic carbocycles. The van der Waals surface area contributed by atoms with E-state index in [4.69, 9.17) is 4.74 Å². The normalized spacial score (nSPS) is 14.5. The van der Waals surface area contributed by atoms with Gasteiger partial charge in [0.05, 0.1) is 12.2 Å². The molecule has 1 saturated heterocycles. The van der Waals surface area contributed by atoms with Crippen LogP contribution < -0.4 is 10.1 Å². The second kappa shape index (κ2) is 9.89. The molecule has 0 aliphatic carbocycles. The lowest BCUT2D eigenvalue weighted by atomic mass is 10.1. The molecule has 2 aromatic rings. The van der Waals surface area contributed by atoms with Crippen molar-refractivity contribution < 1.29 is 14.3 Å². The molecule has 0 bridgehead atoms. The number of carbonyl (C=O) groups excluding carboxylic acids is 2. The van der Waals surface area contributed by atoms with Gasteiger partial charge in [0.2, 0.25) is 0 Å². The van der Waals surface area contributed by atoms with Gasteiger partial charge >= 0.3 is 0 Å². The molecule has 3 rings (SSSR count). The average Bonchev–Trinajstić information content (AvgIpc) is 2.73. The molecule has 7 heteroatoms. The van der Waals surface area contributed by atoms with Crippen LogP contribution in [0, 0.1) is 0 Å². The molecule has 0 spiro atoms. The summed E-state index contributed by atoms with van der Waals surface area (Å²) in [5.41, 5.74) is 1.60. The van der Waals surface area contributed by atoms with Gasteiger partial charge in [-0.25, -0.2) is 0 Å². The van der Waals surface area contributed by atoms with E-state index in [-0.39, 0.29) is 11.8 Å². The summed E-state index contributed by atoms with van der Waals surface area (Å²) in [7, 11) is 2.05. The number of piperazine rings is 1. The maximum atomic E-state index is 12.9. The van der Waals surface area contributed by atoms with Crippen LogP contribution in [0.5, 0.6) is 5.75 Å². The molecule has 1 heterocycles. The maximum Gasteiger partial charge on any atom is 0.259 e. The van der Waals surface area contributed by atoms with Crippen LogP contribution in [0.1, 0.15) is 34.1 Å². The van der Waals surface area contributed by atoms with Gasteiger partial charge in [-0.1, -0.05) is 28.9 Å². The number of carbonyl (C=O) groups is 2. The van der Waals surface area contributed by atoms with Crippen LogP contribution in [0.2, 0.25) is 0 Å². The van der Waals surface area contributed by atoms with Crippen molar-refractivity contribution in [1.82, 2.24) is 9.80 Å². The third-order valence-electron chi connectivity index (χ3n) is 4.81. The van der Waals surface area contributed by atoms with Crippen LogP contribution >= 0.6 is 15.9 Å². The summed E-state index contributed by atoms with van der Waals surface area (Å²) in [5, 5.41) is 2.89. The predicted octanol–water partition coefficient (Wildman–Crippen LogP) is 3.88. The second-order valence-corrected chi connectivity index (χ2v) is 8.04. The fraction of sp³-hybridized carbons (Fsp3) is 0.364. The number of hydrogen-bond donors (Lipinski definition) is 1. The van der Waals surface area contributed by atoms with Gasteiger partial charge in [-0.2, -0.15) is 0 Å². The number of amides is 2. The Morgan fingerprint density at radius 2 is 1.86 bits per heavy atom. The van der Waals surface area contributed by atoms with Gasteiger partial charge in [-0.15, -0.1) is 0 Å². The van der Waals surface area contributed by atoms with E-state index in [1.165, 1.54) is 0 Å². The van der Waals surface area contributed by atoms with Crippen molar-refractivity contribution in [3.8, 4) is 5.75 Å². The number of hydrogen-bond acceptors (Lipinski definition) is 4. The zero-order valence-electron chi connectivity index (χ0n) is 16.8. The molecule has 1 aliphatic heterocycles. The van der Waals surface area contributed by atoms with E-state index >= 15 is 0 Å². The number of anilines is 1. The summed E-state index contributed by atoms with van der Waals surface area (Å²) in [5.74, 6) is 0.252. The highest BCUT2D eigenvalue weighted by atomic mass is 79.9. The summed E-state index contributed by atoms with van der Waals surface area (Å²) in [6.45, 7) is 5.71. The third-order valence-corrected chi connectivity index (χ3v) is 5.30. The van der Waals surface area contributed by atoms with E-state index in [1.807, 2.05) is 17.9 Å². The van der Waals surface area contributed by atoms with Gasteiger partial charge in [0.1, 0.15) is 5.75 Å². The Labute approximate surface area is 180 Å². The fourth-order valence-electron chi connectivity index (χ4n) is 3.14. The number of benzene rings is 2. The first kappa shape index (κ1) is 21.3. The highest BCUT2D eigenvalue weighted by molar-refractivity contribution is 9.10. The Kier molecular flexibility index (Phi) is 7.28. The van der Waals surface area contributed by atoms with E-state index in [9.17, 15) is 9.59 Å². The van der Waals surface area contributed by atoms with E-state index in [1.54, 1.807) is 36.4 Å². The Morgan fingerprint density at radius 3 is 2.59 bits per heavy atom. The summed E-state index contributed by atoms with van der Waals surface area (Å²) >= 11 is 3.41. The molecule has 2 amide bonds. The number of nitrogens with zero attached hydrogens (tertiary/aromatic N) is 2. The van der Waals surface area contributed by atoms with Gasteiger partial charge < -0.3 is 19.9 Å². The Morgan fingerprint density at radius 1 is 1.10 bits per heavy atom. The quantitative estimate of drug-likeness (QED) is 0.711. The molecule has 0 unspecified atom stereocenters. The molecule has 0 saturated carbocycles. The van der Waals surface area contributed by atoms with Crippen molar-refractivity contribution in [3.63, 3.8) is 0 Å². The van der Waals surface area contributed by atoms with E-state index in [0.717, 1.165) is 24.0 Å². The highest BCUT2D eigenvalue weighted by Gasteiger charge is 2.21. The lowest BCUT2D eigenvalue weighted by molar-refractivity contribution is 0.0664. The van der Waals surface area contributed by atoms with E-state index in [2.05, 4.69) is 33.2 Å². The minimum Gasteiger partial charge on any atom is -0.493 e. The molecule has 0 aromatic heterocycles. The largest absolute Gasteiger partial charge is 0.493 e. The SMILES string of the molecule is CCCOc1ccc(Br)cc1C(=O)Nc1cccc(C(=O)N2CCN(C)CC2)c1. The Balaban J connectivity index is 1.74. The first-order valence-electron chi connectivity index (χ1n) is 9.79. The average molecular weight is 460 g/mol. The number of nitrogens with one attached hydrogen (secondary N) is 1. The minimum atomic E-state index is -0.276. The smallest absolute Gasteiger partial charge is 0.259 e. The van der Waals surface area contributed by atoms with E-state index < -0.39 is 0 Å². The molecule has 154 valence electrons. The Bertz CT molecular complexity index is 879. The lowest BCUT2D eigenvalue weighted by Crippen LogP contribution is -2.47. The monoisotopic (exact) mass is 459 g/mol. The molecule has 0 radical (unpaired) electrons. The molecule has 1 N–H and O–H groups in total. The van der Waals surface area contributed by atoms with Crippen molar-refractivity contribution >= 4 is 33.4 Å². The van der Waals surface area contributed by atoms with Crippen molar-refractivity contribution in [2.75, 3.05) is 45.2 Å². The van der Waals surface area contributed by atoms with Gasteiger partial charge in [0.15, 0.2) is 0 Å². The number of halogens is 1. The standard InChI is InChI=1S/C22H26BrN3O3/c1-3-13-29-20-8-7-17(23)15-19(20)21(27)24-18-6-4-5-16(14-18)22(28)26-11-9-25(2)10-12-26/h4-8,14-15H,3,9-13H2,1-2H3,(H,24,27). The van der Waals surface area contributed by atoms with Crippen molar-refractivity contribution in [2.24, 2.45) is 0 Å². The molecule has 0 atom stereocenters. The van der Waals surface area contributed by atoms with Gasteiger partial charge in [-0.3, -0.25) is 9.59 Å². The fourth-order valence-corrected chi connectivity index (χ4v) is 3.50. The Hall–Kier alpha value is -2.38. The zero-order chi connectivity index (χ0) is 20.8. The van der Waals surface area contributed by atoms with Gasteiger partial charge in [0.25, 0.3) is 11.8 Å².